The van der Waals surface area contributed by atoms with Gasteiger partial charge in [0, 0.05) is 24.1 Å². The third-order valence-corrected chi connectivity index (χ3v) is 2.74. The third kappa shape index (κ3) is 3.63. The number of carbonyl (C=O) groups excluding carboxylic acids is 1. The van der Waals surface area contributed by atoms with Gasteiger partial charge >= 0.3 is 0 Å². The normalized spacial score (nSPS) is 10.2. The van der Waals surface area contributed by atoms with Gasteiger partial charge in [-0.1, -0.05) is 12.1 Å². The smallest absolute Gasteiger partial charge is 0.257 e. The van der Waals surface area contributed by atoms with Crippen molar-refractivity contribution >= 4 is 11.6 Å². The van der Waals surface area contributed by atoms with Crippen molar-refractivity contribution in [1.82, 2.24) is 10.3 Å². The van der Waals surface area contributed by atoms with Crippen molar-refractivity contribution in [2.24, 2.45) is 0 Å². The van der Waals surface area contributed by atoms with Crippen LogP contribution in [-0.2, 0) is 6.54 Å². The van der Waals surface area contributed by atoms with E-state index in [0.717, 1.165) is 23.5 Å². The number of hydrogen-bond acceptors (Lipinski definition) is 3. The zero-order valence-corrected chi connectivity index (χ0v) is 11.1. The second-order valence-electron chi connectivity index (χ2n) is 4.37. The topological polar surface area (TPSA) is 54.0 Å². The molecule has 0 bridgehead atoms. The summed E-state index contributed by atoms with van der Waals surface area (Å²) >= 11 is 0. The molecule has 4 nitrogen and oxygen atoms in total. The number of hydrogen-bond donors (Lipinski definition) is 2. The van der Waals surface area contributed by atoms with Crippen LogP contribution in [0.5, 0.6) is 0 Å². The van der Waals surface area contributed by atoms with Gasteiger partial charge in [0.15, 0.2) is 0 Å². The molecule has 0 radical (unpaired) electrons. The fourth-order valence-corrected chi connectivity index (χ4v) is 1.77. The molecule has 0 atom stereocenters. The molecule has 1 aromatic heterocycles. The number of amides is 1. The average Bonchev–Trinajstić information content (AvgIpc) is 2.40. The maximum Gasteiger partial charge on any atom is 0.257 e. The molecular weight excluding hydrogens is 238 g/mol. The van der Waals surface area contributed by atoms with E-state index in [0.29, 0.717) is 5.56 Å². The lowest BCUT2D eigenvalue weighted by Crippen LogP contribution is -2.13. The summed E-state index contributed by atoms with van der Waals surface area (Å²) < 4.78 is 0. The van der Waals surface area contributed by atoms with Crippen LogP contribution < -0.4 is 10.6 Å². The van der Waals surface area contributed by atoms with Crippen molar-refractivity contribution in [2.45, 2.75) is 13.5 Å². The van der Waals surface area contributed by atoms with Crippen LogP contribution in [0.15, 0.2) is 42.6 Å². The minimum absolute atomic E-state index is 0.144. The number of rotatable bonds is 4. The van der Waals surface area contributed by atoms with E-state index >= 15 is 0 Å². The van der Waals surface area contributed by atoms with Gasteiger partial charge in [0.25, 0.3) is 5.91 Å². The van der Waals surface area contributed by atoms with Crippen LogP contribution in [0.2, 0.25) is 0 Å². The second kappa shape index (κ2) is 6.11. The summed E-state index contributed by atoms with van der Waals surface area (Å²) in [7, 11) is 1.89. The Kier molecular flexibility index (Phi) is 4.26. The van der Waals surface area contributed by atoms with E-state index in [1.807, 2.05) is 44.3 Å². The summed E-state index contributed by atoms with van der Waals surface area (Å²) in [5, 5.41) is 5.95. The van der Waals surface area contributed by atoms with Crippen molar-refractivity contribution in [1.29, 1.82) is 0 Å². The van der Waals surface area contributed by atoms with E-state index in [-0.39, 0.29) is 5.91 Å². The fraction of sp³-hybridized carbons (Fsp3) is 0.200. The quantitative estimate of drug-likeness (QED) is 0.881. The highest BCUT2D eigenvalue weighted by Gasteiger charge is 2.06. The number of nitrogens with one attached hydrogen (secondary N) is 2. The maximum absolute atomic E-state index is 12.0. The van der Waals surface area contributed by atoms with Crippen LogP contribution in [0.4, 0.5) is 5.69 Å². The number of benzene rings is 1. The predicted molar refractivity (Wildman–Crippen MR) is 76.1 cm³/mol. The Hall–Kier alpha value is -2.20. The lowest BCUT2D eigenvalue weighted by Gasteiger charge is -2.07. The van der Waals surface area contributed by atoms with Gasteiger partial charge in [-0.2, -0.15) is 0 Å². The van der Waals surface area contributed by atoms with Gasteiger partial charge in [-0.15, -0.1) is 0 Å². The molecule has 1 amide bonds. The molecule has 0 fully saturated rings. The van der Waals surface area contributed by atoms with Gasteiger partial charge in [0.1, 0.15) is 0 Å². The minimum Gasteiger partial charge on any atom is -0.322 e. The van der Waals surface area contributed by atoms with E-state index in [9.17, 15) is 4.79 Å². The zero-order chi connectivity index (χ0) is 13.7. The largest absolute Gasteiger partial charge is 0.322 e. The molecule has 1 heterocycles. The molecule has 0 spiro atoms. The van der Waals surface area contributed by atoms with Crippen molar-refractivity contribution in [3.8, 4) is 0 Å². The molecule has 0 unspecified atom stereocenters. The Balaban J connectivity index is 2.10. The van der Waals surface area contributed by atoms with E-state index in [4.69, 9.17) is 0 Å². The summed E-state index contributed by atoms with van der Waals surface area (Å²) in [4.78, 5) is 16.1. The first-order valence-corrected chi connectivity index (χ1v) is 6.16. The molecule has 0 saturated heterocycles. The van der Waals surface area contributed by atoms with Gasteiger partial charge in [-0.05, 0) is 43.8 Å². The lowest BCUT2D eigenvalue weighted by atomic mass is 10.2. The van der Waals surface area contributed by atoms with E-state index in [1.54, 1.807) is 12.3 Å². The number of aromatic nitrogens is 1. The van der Waals surface area contributed by atoms with Gasteiger partial charge in [-0.25, -0.2) is 0 Å². The number of nitrogens with zero attached hydrogens (tertiary/aromatic N) is 1. The summed E-state index contributed by atoms with van der Waals surface area (Å²) in [6.45, 7) is 2.67. The highest BCUT2D eigenvalue weighted by atomic mass is 16.1. The van der Waals surface area contributed by atoms with Crippen molar-refractivity contribution in [3.05, 3.63) is 59.4 Å². The molecule has 0 aliphatic rings. The monoisotopic (exact) mass is 255 g/mol. The summed E-state index contributed by atoms with van der Waals surface area (Å²) in [6.07, 6.45) is 1.59. The number of anilines is 1. The van der Waals surface area contributed by atoms with E-state index in [1.165, 1.54) is 0 Å². The number of pyridine rings is 1. The Morgan fingerprint density at radius 1 is 1.26 bits per heavy atom. The van der Waals surface area contributed by atoms with Gasteiger partial charge in [0.2, 0.25) is 0 Å². The third-order valence-electron chi connectivity index (χ3n) is 2.74. The summed E-state index contributed by atoms with van der Waals surface area (Å²) in [5.41, 5.74) is 3.37. The lowest BCUT2D eigenvalue weighted by molar-refractivity contribution is 0.102. The van der Waals surface area contributed by atoms with E-state index < -0.39 is 0 Å². The van der Waals surface area contributed by atoms with Crippen LogP contribution in [0.25, 0.3) is 0 Å². The molecule has 2 rings (SSSR count). The maximum atomic E-state index is 12.0. The van der Waals surface area contributed by atoms with Gasteiger partial charge < -0.3 is 10.6 Å². The number of aryl methyl sites for hydroxylation is 1. The fourth-order valence-electron chi connectivity index (χ4n) is 1.77. The van der Waals surface area contributed by atoms with Crippen LogP contribution in [0.1, 0.15) is 21.6 Å². The van der Waals surface area contributed by atoms with Gasteiger partial charge in [-0.3, -0.25) is 9.78 Å². The van der Waals surface area contributed by atoms with Crippen molar-refractivity contribution in [2.75, 3.05) is 12.4 Å². The van der Waals surface area contributed by atoms with Crippen LogP contribution in [0.3, 0.4) is 0 Å². The first kappa shape index (κ1) is 13.2. The molecule has 4 heteroatoms. The highest BCUT2D eigenvalue weighted by Crippen LogP contribution is 2.12. The summed E-state index contributed by atoms with van der Waals surface area (Å²) in [5.74, 6) is -0.144. The number of carbonyl (C=O) groups is 1. The Morgan fingerprint density at radius 2 is 2.11 bits per heavy atom. The van der Waals surface area contributed by atoms with E-state index in [2.05, 4.69) is 15.6 Å². The highest BCUT2D eigenvalue weighted by molar-refractivity contribution is 6.04. The van der Waals surface area contributed by atoms with Crippen molar-refractivity contribution in [3.63, 3.8) is 0 Å². The molecule has 0 saturated carbocycles. The minimum atomic E-state index is -0.144. The van der Waals surface area contributed by atoms with Gasteiger partial charge in [0.05, 0.1) is 5.56 Å². The molecule has 0 aliphatic carbocycles. The predicted octanol–water partition coefficient (Wildman–Crippen LogP) is 2.36. The first-order valence-electron chi connectivity index (χ1n) is 6.16. The Bertz CT molecular complexity index is 564. The Morgan fingerprint density at radius 3 is 2.79 bits per heavy atom. The molecule has 98 valence electrons. The molecule has 0 aliphatic heterocycles. The first-order chi connectivity index (χ1) is 9.19. The summed E-state index contributed by atoms with van der Waals surface area (Å²) in [6, 6.07) is 11.4. The SMILES string of the molecule is CNCc1cccc(NC(=O)c2ccc(C)nc2)c1. The van der Waals surface area contributed by atoms with Crippen LogP contribution in [0, 0.1) is 6.92 Å². The van der Waals surface area contributed by atoms with Crippen LogP contribution in [-0.4, -0.2) is 17.9 Å². The molecule has 2 N–H and O–H groups in total. The average molecular weight is 255 g/mol. The standard InChI is InChI=1S/C15H17N3O/c1-11-6-7-13(10-17-11)15(19)18-14-5-3-4-12(8-14)9-16-2/h3-8,10,16H,9H2,1-2H3,(H,18,19). The Labute approximate surface area is 112 Å². The van der Waals surface area contributed by atoms with Crippen molar-refractivity contribution < 1.29 is 4.79 Å². The molecule has 19 heavy (non-hydrogen) atoms. The zero-order valence-electron chi connectivity index (χ0n) is 11.1. The molecule has 2 aromatic rings. The second-order valence-corrected chi connectivity index (χ2v) is 4.37. The molecule has 1 aromatic carbocycles. The van der Waals surface area contributed by atoms with Crippen LogP contribution >= 0.6 is 0 Å². The molecular formula is C15H17N3O.